The molecule has 8 nitrogen and oxygen atoms in total. The predicted molar refractivity (Wildman–Crippen MR) is 123 cm³/mol. The minimum atomic E-state index is 0.512. The van der Waals surface area contributed by atoms with Gasteiger partial charge >= 0.3 is 0 Å². The predicted octanol–water partition coefficient (Wildman–Crippen LogP) is 2.45. The Kier molecular flexibility index (Phi) is 10.5. The molecular weight excluding hydrogens is 400 g/mol. The molecule has 30 heavy (non-hydrogen) atoms. The van der Waals surface area contributed by atoms with Gasteiger partial charge in [0, 0.05) is 26.3 Å². The second-order valence-corrected chi connectivity index (χ2v) is 7.95. The van der Waals surface area contributed by atoms with E-state index in [1.807, 2.05) is 36.4 Å². The van der Waals surface area contributed by atoms with E-state index < -0.39 is 0 Å². The van der Waals surface area contributed by atoms with Crippen molar-refractivity contribution in [2.75, 3.05) is 38.9 Å². The number of aryl methyl sites for hydroxylation is 2. The third-order valence-electron chi connectivity index (χ3n) is 4.59. The summed E-state index contributed by atoms with van der Waals surface area (Å²) in [5.74, 6) is 4.46. The zero-order chi connectivity index (χ0) is 21.8. The number of benzene rings is 1. The number of thioether (sulfide) groups is 1. The van der Waals surface area contributed by atoms with Crippen LogP contribution in [0.25, 0.3) is 0 Å². The van der Waals surface area contributed by atoms with Gasteiger partial charge in [-0.1, -0.05) is 12.1 Å². The summed E-state index contributed by atoms with van der Waals surface area (Å²) in [4.78, 5) is 4.78. The van der Waals surface area contributed by atoms with Crippen molar-refractivity contribution in [3.8, 4) is 5.75 Å². The minimum Gasteiger partial charge on any atom is -0.491 e. The van der Waals surface area contributed by atoms with Crippen molar-refractivity contribution in [2.45, 2.75) is 33.4 Å². The van der Waals surface area contributed by atoms with E-state index in [0.717, 1.165) is 53.2 Å². The summed E-state index contributed by atoms with van der Waals surface area (Å²) in [6.07, 6.45) is 3.19. The molecule has 2 aromatic rings. The number of hydrogen-bond donors (Lipinski definition) is 2. The first-order valence-corrected chi connectivity index (χ1v) is 11.5. The SMILES string of the molecule is COCCOc1cc(C)ccc1CN=C(NCCCSC)NCc1nnc(C)n1C. The number of hydrogen-bond acceptors (Lipinski definition) is 6. The smallest absolute Gasteiger partial charge is 0.191 e. The number of nitrogens with zero attached hydrogens (tertiary/aromatic N) is 4. The van der Waals surface area contributed by atoms with Gasteiger partial charge in [0.25, 0.3) is 0 Å². The van der Waals surface area contributed by atoms with Crippen LogP contribution in [-0.4, -0.2) is 59.6 Å². The van der Waals surface area contributed by atoms with Crippen molar-refractivity contribution in [2.24, 2.45) is 12.0 Å². The zero-order valence-electron chi connectivity index (χ0n) is 18.7. The summed E-state index contributed by atoms with van der Waals surface area (Å²) in [7, 11) is 3.63. The van der Waals surface area contributed by atoms with Crippen LogP contribution in [0.1, 0.15) is 29.2 Å². The molecule has 1 aromatic carbocycles. The number of methoxy groups -OCH3 is 1. The highest BCUT2D eigenvalue weighted by atomic mass is 32.2. The van der Waals surface area contributed by atoms with Crippen LogP contribution in [0.3, 0.4) is 0 Å². The van der Waals surface area contributed by atoms with E-state index in [4.69, 9.17) is 14.5 Å². The maximum Gasteiger partial charge on any atom is 0.191 e. The highest BCUT2D eigenvalue weighted by molar-refractivity contribution is 7.98. The molecule has 2 rings (SSSR count). The summed E-state index contributed by atoms with van der Waals surface area (Å²) in [5, 5.41) is 15.1. The molecule has 0 radical (unpaired) electrons. The molecule has 0 unspecified atom stereocenters. The van der Waals surface area contributed by atoms with Gasteiger partial charge in [0.05, 0.1) is 19.7 Å². The highest BCUT2D eigenvalue weighted by Crippen LogP contribution is 2.21. The Morgan fingerprint density at radius 2 is 2.03 bits per heavy atom. The Labute approximate surface area is 183 Å². The normalized spacial score (nSPS) is 11.6. The second-order valence-electron chi connectivity index (χ2n) is 6.97. The van der Waals surface area contributed by atoms with Crippen molar-refractivity contribution < 1.29 is 9.47 Å². The van der Waals surface area contributed by atoms with E-state index in [9.17, 15) is 0 Å². The van der Waals surface area contributed by atoms with E-state index >= 15 is 0 Å². The molecular formula is C21H34N6O2S. The molecule has 0 aliphatic rings. The standard InChI is InChI=1S/C21H34N6O2S/c1-16-7-8-18(19(13-16)29-11-10-28-4)14-23-21(22-9-6-12-30-5)24-15-20-26-25-17(2)27(20)3/h7-8,13H,6,9-12,14-15H2,1-5H3,(H2,22,23,24). The monoisotopic (exact) mass is 434 g/mol. The lowest BCUT2D eigenvalue weighted by Gasteiger charge is -2.14. The Morgan fingerprint density at radius 3 is 2.73 bits per heavy atom. The molecule has 1 aromatic heterocycles. The van der Waals surface area contributed by atoms with Crippen LogP contribution < -0.4 is 15.4 Å². The molecule has 1 heterocycles. The van der Waals surface area contributed by atoms with E-state index in [2.05, 4.69) is 46.1 Å². The van der Waals surface area contributed by atoms with Gasteiger partial charge in [-0.25, -0.2) is 4.99 Å². The van der Waals surface area contributed by atoms with Crippen molar-refractivity contribution in [1.82, 2.24) is 25.4 Å². The van der Waals surface area contributed by atoms with Gasteiger partial charge in [-0.15, -0.1) is 10.2 Å². The quantitative estimate of drug-likeness (QED) is 0.301. The van der Waals surface area contributed by atoms with Gasteiger partial charge in [-0.3, -0.25) is 0 Å². The lowest BCUT2D eigenvalue weighted by atomic mass is 10.1. The molecule has 2 N–H and O–H groups in total. The van der Waals surface area contributed by atoms with Gasteiger partial charge in [0.1, 0.15) is 18.2 Å². The van der Waals surface area contributed by atoms with Crippen LogP contribution in [0.2, 0.25) is 0 Å². The Balaban J connectivity index is 2.07. The molecule has 0 spiro atoms. The number of nitrogens with one attached hydrogen (secondary N) is 2. The number of rotatable bonds is 12. The van der Waals surface area contributed by atoms with Crippen molar-refractivity contribution in [3.05, 3.63) is 41.0 Å². The van der Waals surface area contributed by atoms with Crippen molar-refractivity contribution in [3.63, 3.8) is 0 Å². The van der Waals surface area contributed by atoms with Crippen LogP contribution in [0, 0.1) is 13.8 Å². The van der Waals surface area contributed by atoms with Gasteiger partial charge in [-0.2, -0.15) is 11.8 Å². The summed E-state index contributed by atoms with van der Waals surface area (Å²) in [5.41, 5.74) is 2.19. The minimum absolute atomic E-state index is 0.512. The third-order valence-corrected chi connectivity index (χ3v) is 5.29. The summed E-state index contributed by atoms with van der Waals surface area (Å²) >= 11 is 1.84. The van der Waals surface area contributed by atoms with Crippen LogP contribution >= 0.6 is 11.8 Å². The molecule has 0 amide bonds. The largest absolute Gasteiger partial charge is 0.491 e. The summed E-state index contributed by atoms with van der Waals surface area (Å²) in [6, 6.07) is 6.19. The van der Waals surface area contributed by atoms with E-state index in [0.29, 0.717) is 26.3 Å². The molecule has 0 aliphatic carbocycles. The number of ether oxygens (including phenoxy) is 2. The number of aliphatic imine (C=N–C) groups is 1. The molecule has 0 aliphatic heterocycles. The maximum atomic E-state index is 5.89. The number of aromatic nitrogens is 3. The molecule has 166 valence electrons. The zero-order valence-corrected chi connectivity index (χ0v) is 19.5. The summed E-state index contributed by atoms with van der Waals surface area (Å²) < 4.78 is 13.0. The number of guanidine groups is 1. The third kappa shape index (κ3) is 7.87. The second kappa shape index (κ2) is 13.1. The van der Waals surface area contributed by atoms with E-state index in [1.54, 1.807) is 7.11 Å². The topological polar surface area (TPSA) is 85.6 Å². The lowest BCUT2D eigenvalue weighted by Crippen LogP contribution is -2.38. The molecule has 0 saturated carbocycles. The van der Waals surface area contributed by atoms with Gasteiger partial charge in [-0.05, 0) is 43.9 Å². The lowest BCUT2D eigenvalue weighted by molar-refractivity contribution is 0.145. The molecule has 0 fully saturated rings. The van der Waals surface area contributed by atoms with Crippen LogP contribution in [0.4, 0.5) is 0 Å². The van der Waals surface area contributed by atoms with Crippen LogP contribution in [0.5, 0.6) is 5.75 Å². The molecule has 0 atom stereocenters. The molecule has 9 heteroatoms. The van der Waals surface area contributed by atoms with Crippen molar-refractivity contribution in [1.29, 1.82) is 0 Å². The van der Waals surface area contributed by atoms with Crippen LogP contribution in [-0.2, 0) is 24.9 Å². The average Bonchev–Trinajstić information content (AvgIpc) is 3.06. The Hall–Kier alpha value is -2.26. The average molecular weight is 435 g/mol. The Morgan fingerprint density at radius 1 is 1.20 bits per heavy atom. The van der Waals surface area contributed by atoms with Crippen LogP contribution in [0.15, 0.2) is 23.2 Å². The molecule has 0 saturated heterocycles. The van der Waals surface area contributed by atoms with Gasteiger partial charge in [0.15, 0.2) is 11.8 Å². The Bertz CT molecular complexity index is 809. The van der Waals surface area contributed by atoms with Gasteiger partial charge in [0.2, 0.25) is 0 Å². The maximum absolute atomic E-state index is 5.89. The van der Waals surface area contributed by atoms with Crippen molar-refractivity contribution >= 4 is 17.7 Å². The fraction of sp³-hybridized carbons (Fsp3) is 0.571. The fourth-order valence-electron chi connectivity index (χ4n) is 2.69. The van der Waals surface area contributed by atoms with E-state index in [1.165, 1.54) is 0 Å². The first-order valence-electron chi connectivity index (χ1n) is 10.1. The van der Waals surface area contributed by atoms with E-state index in [-0.39, 0.29) is 0 Å². The highest BCUT2D eigenvalue weighted by Gasteiger charge is 2.08. The summed E-state index contributed by atoms with van der Waals surface area (Å²) in [6.45, 7) is 6.98. The first kappa shape index (κ1) is 24.0. The van der Waals surface area contributed by atoms with Gasteiger partial charge < -0.3 is 24.7 Å². The molecule has 0 bridgehead atoms. The first-order chi connectivity index (χ1) is 14.5. The fourth-order valence-corrected chi connectivity index (χ4v) is 3.12.